The summed E-state index contributed by atoms with van der Waals surface area (Å²) in [6.45, 7) is 0.963. The van der Waals surface area contributed by atoms with E-state index < -0.39 is 0 Å². The number of nitrogens with one attached hydrogen (secondary N) is 1. The number of thiophene rings is 1. The molecule has 1 heterocycles. The highest BCUT2D eigenvalue weighted by Gasteiger charge is 2.18. The van der Waals surface area contributed by atoms with Crippen LogP contribution in [-0.4, -0.2) is 7.05 Å². The zero-order valence-corrected chi connectivity index (χ0v) is 11.6. The Kier molecular flexibility index (Phi) is 3.48. The molecular formula is C16H19NS. The lowest BCUT2D eigenvalue weighted by Gasteiger charge is -2.25. The van der Waals surface area contributed by atoms with Crippen molar-refractivity contribution in [3.63, 3.8) is 0 Å². The maximum absolute atomic E-state index is 3.20. The molecule has 0 amide bonds. The van der Waals surface area contributed by atoms with Crippen LogP contribution in [0, 0.1) is 0 Å². The van der Waals surface area contributed by atoms with E-state index in [1.807, 2.05) is 18.4 Å². The van der Waals surface area contributed by atoms with Gasteiger partial charge in [-0.1, -0.05) is 30.7 Å². The zero-order valence-electron chi connectivity index (χ0n) is 10.8. The highest BCUT2D eigenvalue weighted by molar-refractivity contribution is 7.10. The van der Waals surface area contributed by atoms with Crippen molar-refractivity contribution in [1.29, 1.82) is 0 Å². The molecule has 3 rings (SSSR count). The normalized spacial score (nSPS) is 15.6. The summed E-state index contributed by atoms with van der Waals surface area (Å²) in [4.78, 5) is 1.40. The van der Waals surface area contributed by atoms with Crippen molar-refractivity contribution in [1.82, 2.24) is 5.32 Å². The summed E-state index contributed by atoms with van der Waals surface area (Å²) in [5.74, 6) is 0.835. The Hall–Kier alpha value is -1.12. The van der Waals surface area contributed by atoms with E-state index in [0.29, 0.717) is 0 Å². The third-order valence-corrected chi connectivity index (χ3v) is 4.76. The highest BCUT2D eigenvalue weighted by atomic mass is 32.1. The fraction of sp³-hybridized carbons (Fsp3) is 0.375. The molecule has 94 valence electrons. The minimum absolute atomic E-state index is 0.835. The summed E-state index contributed by atoms with van der Waals surface area (Å²) in [6.07, 6.45) is 4.17. The van der Waals surface area contributed by atoms with Crippen LogP contribution in [0.25, 0.3) is 11.1 Å². The van der Waals surface area contributed by atoms with Crippen LogP contribution in [0.15, 0.2) is 35.7 Å². The van der Waals surface area contributed by atoms with Gasteiger partial charge in [-0.25, -0.2) is 0 Å². The van der Waals surface area contributed by atoms with Crippen LogP contribution in [0.1, 0.15) is 35.6 Å². The molecule has 0 bridgehead atoms. The Morgan fingerprint density at radius 2 is 1.94 bits per heavy atom. The molecule has 0 aliphatic heterocycles. The molecule has 0 atom stereocenters. The number of hydrogen-bond donors (Lipinski definition) is 1. The molecule has 1 saturated carbocycles. The molecule has 1 aromatic heterocycles. The maximum atomic E-state index is 3.20. The molecule has 1 aromatic carbocycles. The number of hydrogen-bond acceptors (Lipinski definition) is 2. The van der Waals surface area contributed by atoms with E-state index in [4.69, 9.17) is 0 Å². The van der Waals surface area contributed by atoms with Crippen molar-refractivity contribution < 1.29 is 0 Å². The molecule has 1 aliphatic carbocycles. The van der Waals surface area contributed by atoms with Crippen molar-refractivity contribution in [3.05, 3.63) is 46.2 Å². The molecule has 1 fully saturated rings. The van der Waals surface area contributed by atoms with E-state index in [2.05, 4.69) is 41.0 Å². The lowest BCUT2D eigenvalue weighted by Crippen LogP contribution is -2.08. The molecule has 0 saturated heterocycles. The van der Waals surface area contributed by atoms with E-state index in [0.717, 1.165) is 12.5 Å². The third-order valence-electron chi connectivity index (χ3n) is 3.83. The standard InChI is InChI=1S/C16H19NS/c1-17-10-16-9-15(11-18-16)14-7-5-13(6-8-14)12-3-2-4-12/h5-9,11-12,17H,2-4,10H2,1H3. The van der Waals surface area contributed by atoms with Crippen LogP contribution in [0.5, 0.6) is 0 Å². The van der Waals surface area contributed by atoms with E-state index in [-0.39, 0.29) is 0 Å². The molecule has 0 spiro atoms. The monoisotopic (exact) mass is 257 g/mol. The van der Waals surface area contributed by atoms with E-state index >= 15 is 0 Å². The van der Waals surface area contributed by atoms with Gasteiger partial charge in [0.1, 0.15) is 0 Å². The van der Waals surface area contributed by atoms with Gasteiger partial charge < -0.3 is 5.32 Å². The van der Waals surface area contributed by atoms with Crippen molar-refractivity contribution >= 4 is 11.3 Å². The summed E-state index contributed by atoms with van der Waals surface area (Å²) in [5.41, 5.74) is 4.22. The van der Waals surface area contributed by atoms with Gasteiger partial charge in [0.05, 0.1) is 0 Å². The van der Waals surface area contributed by atoms with Crippen molar-refractivity contribution in [3.8, 4) is 11.1 Å². The van der Waals surface area contributed by atoms with Gasteiger partial charge >= 0.3 is 0 Å². The molecule has 1 aliphatic rings. The average Bonchev–Trinajstić information content (AvgIpc) is 2.77. The largest absolute Gasteiger partial charge is 0.315 e. The van der Waals surface area contributed by atoms with Crippen molar-refractivity contribution in [2.75, 3.05) is 7.05 Å². The van der Waals surface area contributed by atoms with E-state index in [1.54, 1.807) is 0 Å². The van der Waals surface area contributed by atoms with Crippen LogP contribution >= 0.6 is 11.3 Å². The Morgan fingerprint density at radius 3 is 2.56 bits per heavy atom. The van der Waals surface area contributed by atoms with Crippen LogP contribution in [0.4, 0.5) is 0 Å². The number of rotatable bonds is 4. The predicted molar refractivity (Wildman–Crippen MR) is 79.1 cm³/mol. The van der Waals surface area contributed by atoms with Gasteiger partial charge in [-0.3, -0.25) is 0 Å². The van der Waals surface area contributed by atoms with E-state index in [1.165, 1.54) is 40.8 Å². The van der Waals surface area contributed by atoms with Gasteiger partial charge in [-0.05, 0) is 53.9 Å². The summed E-state index contributed by atoms with van der Waals surface area (Å²) in [6, 6.07) is 11.5. The molecule has 1 N–H and O–H groups in total. The fourth-order valence-corrected chi connectivity index (χ4v) is 3.39. The molecular weight excluding hydrogens is 238 g/mol. The van der Waals surface area contributed by atoms with Crippen LogP contribution in [0.3, 0.4) is 0 Å². The van der Waals surface area contributed by atoms with Crippen LogP contribution in [0.2, 0.25) is 0 Å². The summed E-state index contributed by atoms with van der Waals surface area (Å²) in [5, 5.41) is 5.45. The molecule has 0 unspecified atom stereocenters. The Labute approximate surface area is 113 Å². The summed E-state index contributed by atoms with van der Waals surface area (Å²) in [7, 11) is 1.99. The van der Waals surface area contributed by atoms with Crippen molar-refractivity contribution in [2.24, 2.45) is 0 Å². The summed E-state index contributed by atoms with van der Waals surface area (Å²) < 4.78 is 0. The Balaban J connectivity index is 1.78. The average molecular weight is 257 g/mol. The first-order valence-corrected chi connectivity index (χ1v) is 7.57. The Bertz CT molecular complexity index is 508. The van der Waals surface area contributed by atoms with E-state index in [9.17, 15) is 0 Å². The molecule has 1 nitrogen and oxygen atoms in total. The second kappa shape index (κ2) is 5.25. The minimum atomic E-state index is 0.835. The van der Waals surface area contributed by atoms with Gasteiger partial charge in [-0.2, -0.15) is 0 Å². The first-order chi connectivity index (χ1) is 8.86. The summed E-state index contributed by atoms with van der Waals surface area (Å²) >= 11 is 1.83. The third kappa shape index (κ3) is 2.36. The second-order valence-corrected chi connectivity index (χ2v) is 6.08. The van der Waals surface area contributed by atoms with Gasteiger partial charge in [0.25, 0.3) is 0 Å². The minimum Gasteiger partial charge on any atom is -0.315 e. The van der Waals surface area contributed by atoms with Gasteiger partial charge in [-0.15, -0.1) is 11.3 Å². The van der Waals surface area contributed by atoms with Crippen LogP contribution < -0.4 is 5.32 Å². The predicted octanol–water partition coefficient (Wildman–Crippen LogP) is 4.40. The lowest BCUT2D eigenvalue weighted by molar-refractivity contribution is 0.420. The molecule has 18 heavy (non-hydrogen) atoms. The first kappa shape index (κ1) is 11.9. The SMILES string of the molecule is CNCc1cc(-c2ccc(C3CCC3)cc2)cs1. The Morgan fingerprint density at radius 1 is 1.17 bits per heavy atom. The quantitative estimate of drug-likeness (QED) is 0.856. The van der Waals surface area contributed by atoms with Gasteiger partial charge in [0.2, 0.25) is 0 Å². The molecule has 2 aromatic rings. The highest BCUT2D eigenvalue weighted by Crippen LogP contribution is 2.37. The fourth-order valence-electron chi connectivity index (χ4n) is 2.49. The molecule has 0 radical (unpaired) electrons. The maximum Gasteiger partial charge on any atom is 0.0296 e. The number of benzene rings is 1. The zero-order chi connectivity index (χ0) is 12.4. The van der Waals surface area contributed by atoms with Crippen LogP contribution in [-0.2, 0) is 6.54 Å². The first-order valence-electron chi connectivity index (χ1n) is 6.69. The van der Waals surface area contributed by atoms with Crippen molar-refractivity contribution in [2.45, 2.75) is 31.7 Å². The molecule has 2 heteroatoms. The van der Waals surface area contributed by atoms with Gasteiger partial charge in [0.15, 0.2) is 0 Å². The lowest BCUT2D eigenvalue weighted by atomic mass is 9.80. The van der Waals surface area contributed by atoms with Gasteiger partial charge in [0, 0.05) is 11.4 Å². The topological polar surface area (TPSA) is 12.0 Å². The smallest absolute Gasteiger partial charge is 0.0296 e. The second-order valence-electron chi connectivity index (χ2n) is 5.08.